The molecule has 0 radical (unpaired) electrons. The number of hydrogen-bond donors (Lipinski definition) is 1. The summed E-state index contributed by atoms with van der Waals surface area (Å²) in [5, 5.41) is 3.54. The Morgan fingerprint density at radius 1 is 1.25 bits per heavy atom. The Labute approximate surface area is 101 Å². The Hall–Kier alpha value is -0.0800. The van der Waals surface area contributed by atoms with Crippen LogP contribution in [0.2, 0.25) is 0 Å². The van der Waals surface area contributed by atoms with Crippen molar-refractivity contribution >= 4 is 0 Å². The average Bonchev–Trinajstić information content (AvgIpc) is 2.97. The molecule has 1 saturated carbocycles. The van der Waals surface area contributed by atoms with Gasteiger partial charge in [0.15, 0.2) is 0 Å². The van der Waals surface area contributed by atoms with Gasteiger partial charge < -0.3 is 10.1 Å². The van der Waals surface area contributed by atoms with E-state index in [-0.39, 0.29) is 0 Å². The summed E-state index contributed by atoms with van der Waals surface area (Å²) < 4.78 is 5.58. The SMILES string of the molecule is CCCC1(CNCCOCCC(C)C)CC1. The van der Waals surface area contributed by atoms with Gasteiger partial charge in [0.2, 0.25) is 0 Å². The summed E-state index contributed by atoms with van der Waals surface area (Å²) in [7, 11) is 0. The minimum Gasteiger partial charge on any atom is -0.380 e. The van der Waals surface area contributed by atoms with E-state index in [1.54, 1.807) is 0 Å². The molecule has 1 aliphatic carbocycles. The van der Waals surface area contributed by atoms with Gasteiger partial charge in [-0.2, -0.15) is 0 Å². The fourth-order valence-corrected chi connectivity index (χ4v) is 2.14. The Balaban J connectivity index is 1.85. The molecule has 16 heavy (non-hydrogen) atoms. The molecule has 0 aromatic heterocycles. The quantitative estimate of drug-likeness (QED) is 0.579. The summed E-state index contributed by atoms with van der Waals surface area (Å²) in [6, 6.07) is 0. The lowest BCUT2D eigenvalue weighted by Gasteiger charge is -2.15. The van der Waals surface area contributed by atoms with Crippen LogP contribution in [0.4, 0.5) is 0 Å². The van der Waals surface area contributed by atoms with E-state index in [1.165, 1.54) is 38.6 Å². The van der Waals surface area contributed by atoms with E-state index in [1.807, 2.05) is 0 Å². The summed E-state index contributed by atoms with van der Waals surface area (Å²) in [6.45, 7) is 10.8. The van der Waals surface area contributed by atoms with Crippen molar-refractivity contribution in [1.82, 2.24) is 5.32 Å². The molecule has 0 heterocycles. The largest absolute Gasteiger partial charge is 0.380 e. The minimum atomic E-state index is 0.673. The second kappa shape index (κ2) is 7.29. The molecule has 0 aromatic rings. The molecule has 0 bridgehead atoms. The highest BCUT2D eigenvalue weighted by molar-refractivity contribution is 4.94. The predicted molar refractivity (Wildman–Crippen MR) is 69.7 cm³/mol. The summed E-state index contributed by atoms with van der Waals surface area (Å²) in [5.41, 5.74) is 0.673. The van der Waals surface area contributed by atoms with Crippen molar-refractivity contribution in [1.29, 1.82) is 0 Å². The topological polar surface area (TPSA) is 21.3 Å². The molecule has 0 spiro atoms. The molecule has 1 rings (SSSR count). The maximum Gasteiger partial charge on any atom is 0.0590 e. The van der Waals surface area contributed by atoms with E-state index < -0.39 is 0 Å². The molecular weight excluding hydrogens is 198 g/mol. The van der Waals surface area contributed by atoms with Gasteiger partial charge in [-0.1, -0.05) is 27.2 Å². The van der Waals surface area contributed by atoms with Gasteiger partial charge in [-0.25, -0.2) is 0 Å². The van der Waals surface area contributed by atoms with E-state index in [0.29, 0.717) is 5.41 Å². The molecule has 0 amide bonds. The monoisotopic (exact) mass is 227 g/mol. The van der Waals surface area contributed by atoms with Crippen LogP contribution in [0.15, 0.2) is 0 Å². The second-order valence-corrected chi connectivity index (χ2v) is 5.72. The Kier molecular flexibility index (Phi) is 6.37. The van der Waals surface area contributed by atoms with Gasteiger partial charge in [0.1, 0.15) is 0 Å². The van der Waals surface area contributed by atoms with Crippen LogP contribution in [0.3, 0.4) is 0 Å². The van der Waals surface area contributed by atoms with Gasteiger partial charge in [0, 0.05) is 19.7 Å². The van der Waals surface area contributed by atoms with Gasteiger partial charge in [0.25, 0.3) is 0 Å². The van der Waals surface area contributed by atoms with Gasteiger partial charge in [-0.3, -0.25) is 0 Å². The Morgan fingerprint density at radius 3 is 2.56 bits per heavy atom. The first kappa shape index (κ1) is 14.0. The van der Waals surface area contributed by atoms with Crippen LogP contribution in [-0.2, 0) is 4.74 Å². The van der Waals surface area contributed by atoms with Crippen LogP contribution in [0, 0.1) is 11.3 Å². The molecule has 2 nitrogen and oxygen atoms in total. The maximum absolute atomic E-state index is 5.58. The fourth-order valence-electron chi connectivity index (χ4n) is 2.14. The zero-order valence-corrected chi connectivity index (χ0v) is 11.3. The van der Waals surface area contributed by atoms with Gasteiger partial charge in [-0.15, -0.1) is 0 Å². The molecule has 2 heteroatoms. The van der Waals surface area contributed by atoms with Gasteiger partial charge in [-0.05, 0) is 37.0 Å². The lowest BCUT2D eigenvalue weighted by Crippen LogP contribution is -2.27. The number of rotatable bonds is 10. The van der Waals surface area contributed by atoms with E-state index in [9.17, 15) is 0 Å². The molecule has 0 aromatic carbocycles. The highest BCUT2D eigenvalue weighted by Gasteiger charge is 2.40. The van der Waals surface area contributed by atoms with Crippen molar-refractivity contribution < 1.29 is 4.74 Å². The molecule has 1 N–H and O–H groups in total. The number of nitrogens with one attached hydrogen (secondary N) is 1. The van der Waals surface area contributed by atoms with E-state index in [2.05, 4.69) is 26.1 Å². The molecule has 1 aliphatic rings. The Morgan fingerprint density at radius 2 is 2.00 bits per heavy atom. The highest BCUT2D eigenvalue weighted by atomic mass is 16.5. The molecule has 0 atom stereocenters. The van der Waals surface area contributed by atoms with E-state index in [0.717, 1.165) is 25.7 Å². The van der Waals surface area contributed by atoms with Crippen LogP contribution in [0.1, 0.15) is 52.9 Å². The lowest BCUT2D eigenvalue weighted by molar-refractivity contribution is 0.124. The summed E-state index contributed by atoms with van der Waals surface area (Å²) in [5.74, 6) is 0.757. The summed E-state index contributed by atoms with van der Waals surface area (Å²) in [4.78, 5) is 0. The zero-order chi connectivity index (χ0) is 11.9. The smallest absolute Gasteiger partial charge is 0.0590 e. The standard InChI is InChI=1S/C14H29NO/c1-4-6-14(7-8-14)12-15-9-11-16-10-5-13(2)3/h13,15H,4-12H2,1-3H3. The first-order chi connectivity index (χ1) is 7.68. The zero-order valence-electron chi connectivity index (χ0n) is 11.3. The first-order valence-electron chi connectivity index (χ1n) is 6.97. The summed E-state index contributed by atoms with van der Waals surface area (Å²) >= 11 is 0. The predicted octanol–water partition coefficient (Wildman–Crippen LogP) is 3.22. The molecule has 96 valence electrons. The van der Waals surface area contributed by atoms with Crippen LogP contribution in [0.25, 0.3) is 0 Å². The number of ether oxygens (including phenoxy) is 1. The third-order valence-corrected chi connectivity index (χ3v) is 3.50. The molecule has 0 unspecified atom stereocenters. The molecule has 0 aliphatic heterocycles. The van der Waals surface area contributed by atoms with Crippen molar-refractivity contribution in [2.45, 2.75) is 52.9 Å². The van der Waals surface area contributed by atoms with Crippen LogP contribution in [-0.4, -0.2) is 26.3 Å². The van der Waals surface area contributed by atoms with Crippen molar-refractivity contribution in [3.63, 3.8) is 0 Å². The average molecular weight is 227 g/mol. The van der Waals surface area contributed by atoms with Crippen molar-refractivity contribution in [3.8, 4) is 0 Å². The number of hydrogen-bond acceptors (Lipinski definition) is 2. The lowest BCUT2D eigenvalue weighted by atomic mass is 10.0. The minimum absolute atomic E-state index is 0.673. The molecular formula is C14H29NO. The van der Waals surface area contributed by atoms with E-state index in [4.69, 9.17) is 4.74 Å². The van der Waals surface area contributed by atoms with Crippen LogP contribution >= 0.6 is 0 Å². The van der Waals surface area contributed by atoms with Gasteiger partial charge in [0.05, 0.1) is 6.61 Å². The van der Waals surface area contributed by atoms with Crippen LogP contribution < -0.4 is 5.32 Å². The first-order valence-corrected chi connectivity index (χ1v) is 6.97. The molecule has 1 fully saturated rings. The fraction of sp³-hybridized carbons (Fsp3) is 1.00. The van der Waals surface area contributed by atoms with E-state index >= 15 is 0 Å². The normalized spacial score (nSPS) is 18.0. The summed E-state index contributed by atoms with van der Waals surface area (Å²) in [6.07, 6.45) is 6.77. The van der Waals surface area contributed by atoms with Crippen LogP contribution in [0.5, 0.6) is 0 Å². The molecule has 0 saturated heterocycles. The second-order valence-electron chi connectivity index (χ2n) is 5.72. The van der Waals surface area contributed by atoms with Crippen molar-refractivity contribution in [2.75, 3.05) is 26.3 Å². The Bertz CT molecular complexity index is 176. The van der Waals surface area contributed by atoms with Crippen molar-refractivity contribution in [3.05, 3.63) is 0 Å². The highest BCUT2D eigenvalue weighted by Crippen LogP contribution is 2.48. The maximum atomic E-state index is 5.58. The third-order valence-electron chi connectivity index (χ3n) is 3.50. The third kappa shape index (κ3) is 5.86. The van der Waals surface area contributed by atoms with Crippen molar-refractivity contribution in [2.24, 2.45) is 11.3 Å². The van der Waals surface area contributed by atoms with Gasteiger partial charge >= 0.3 is 0 Å².